The third-order valence-corrected chi connectivity index (χ3v) is 4.80. The summed E-state index contributed by atoms with van der Waals surface area (Å²) >= 11 is 2.51. The van der Waals surface area contributed by atoms with Crippen LogP contribution in [0.1, 0.15) is 12.5 Å². The van der Waals surface area contributed by atoms with E-state index in [-0.39, 0.29) is 17.1 Å². The molecule has 0 fully saturated rings. The van der Waals surface area contributed by atoms with Crippen molar-refractivity contribution in [2.24, 2.45) is 9.39 Å². The molecule has 0 atom stereocenters. The molecule has 0 bridgehead atoms. The van der Waals surface area contributed by atoms with Gasteiger partial charge < -0.3 is 0 Å². The third-order valence-electron chi connectivity index (χ3n) is 3.16. The van der Waals surface area contributed by atoms with Gasteiger partial charge in [0.15, 0.2) is 5.17 Å². The van der Waals surface area contributed by atoms with Crippen LogP contribution in [-0.2, 0) is 4.79 Å². The second-order valence-corrected chi connectivity index (χ2v) is 6.65. The molecule has 0 radical (unpaired) electrons. The Labute approximate surface area is 145 Å². The first-order valence-corrected chi connectivity index (χ1v) is 8.63. The summed E-state index contributed by atoms with van der Waals surface area (Å²) in [5.74, 6) is 0.193. The van der Waals surface area contributed by atoms with Crippen molar-refractivity contribution in [3.8, 4) is 0 Å². The quantitative estimate of drug-likeness (QED) is 0.383. The highest BCUT2D eigenvalue weighted by Crippen LogP contribution is 2.31. The molecule has 1 amide bonds. The molecule has 0 aromatic heterocycles. The van der Waals surface area contributed by atoms with Gasteiger partial charge in [0.05, 0.1) is 22.4 Å². The van der Waals surface area contributed by atoms with Crippen molar-refractivity contribution in [3.63, 3.8) is 0 Å². The van der Waals surface area contributed by atoms with Crippen LogP contribution in [0.3, 0.4) is 0 Å². The second-order valence-electron chi connectivity index (χ2n) is 4.69. The normalized spacial score (nSPS) is 18.5. The molecule has 8 nitrogen and oxygen atoms in total. The van der Waals surface area contributed by atoms with Crippen LogP contribution in [0, 0.1) is 15.5 Å². The summed E-state index contributed by atoms with van der Waals surface area (Å²) in [6, 6.07) is 5.88. The number of non-ortho nitro benzene ring substituents is 1. The highest BCUT2D eigenvalue weighted by Gasteiger charge is 2.37. The van der Waals surface area contributed by atoms with Crippen molar-refractivity contribution in [3.05, 3.63) is 45.5 Å². The Bertz CT molecular complexity index is 847. The van der Waals surface area contributed by atoms with E-state index in [1.807, 2.05) is 6.92 Å². The number of hydrogen-bond donors (Lipinski definition) is 1. The average Bonchev–Trinajstić information content (AvgIpc) is 2.95. The van der Waals surface area contributed by atoms with Crippen LogP contribution in [0.25, 0.3) is 6.08 Å². The first-order chi connectivity index (χ1) is 11.5. The third kappa shape index (κ3) is 2.97. The summed E-state index contributed by atoms with van der Waals surface area (Å²) in [5.41, 5.74) is 0.458. The van der Waals surface area contributed by atoms with Crippen molar-refractivity contribution >= 4 is 57.6 Å². The number of benzene rings is 1. The van der Waals surface area contributed by atoms with Gasteiger partial charge in [0, 0.05) is 12.1 Å². The van der Waals surface area contributed by atoms with E-state index in [1.165, 1.54) is 40.9 Å². The Balaban J connectivity index is 1.98. The minimum Gasteiger partial charge on any atom is -0.283 e. The number of rotatable bonds is 3. The fourth-order valence-corrected chi connectivity index (χ4v) is 3.69. The molecule has 24 heavy (non-hydrogen) atoms. The van der Waals surface area contributed by atoms with Gasteiger partial charge in [-0.1, -0.05) is 30.8 Å². The van der Waals surface area contributed by atoms with E-state index in [1.54, 1.807) is 6.07 Å². The zero-order valence-corrected chi connectivity index (χ0v) is 14.1. The lowest BCUT2D eigenvalue weighted by molar-refractivity contribution is -0.384. The van der Waals surface area contributed by atoms with Crippen molar-refractivity contribution < 1.29 is 9.72 Å². The molecule has 122 valence electrons. The number of nitro benzene ring substituents is 1. The predicted molar refractivity (Wildman–Crippen MR) is 96.2 cm³/mol. The fourth-order valence-electron chi connectivity index (χ4n) is 2.12. The van der Waals surface area contributed by atoms with E-state index in [0.717, 1.165) is 17.7 Å². The molecule has 10 heteroatoms. The molecule has 0 unspecified atom stereocenters. The van der Waals surface area contributed by atoms with E-state index in [2.05, 4.69) is 9.39 Å². The van der Waals surface area contributed by atoms with Crippen molar-refractivity contribution in [1.82, 2.24) is 4.90 Å². The van der Waals surface area contributed by atoms with E-state index in [9.17, 15) is 14.9 Å². The van der Waals surface area contributed by atoms with Crippen LogP contribution >= 0.6 is 23.7 Å². The Morgan fingerprint density at radius 2 is 2.29 bits per heavy atom. The average molecular weight is 361 g/mol. The lowest BCUT2D eigenvalue weighted by Gasteiger charge is -2.24. The minimum absolute atomic E-state index is 0.0267. The van der Waals surface area contributed by atoms with Gasteiger partial charge in [-0.3, -0.25) is 20.3 Å². The van der Waals surface area contributed by atoms with Gasteiger partial charge in [0.2, 0.25) is 5.17 Å². The van der Waals surface area contributed by atoms with Crippen LogP contribution < -0.4 is 0 Å². The number of fused-ring (bicyclic) bond motifs is 1. The monoisotopic (exact) mass is 361 g/mol. The number of amides is 1. The zero-order valence-electron chi connectivity index (χ0n) is 12.4. The van der Waals surface area contributed by atoms with Gasteiger partial charge in [-0.25, -0.2) is 4.90 Å². The maximum Gasteiger partial charge on any atom is 0.283 e. The SMILES string of the molecule is CCSC1=NSC2=NC(=O)C(=Cc3cccc([N+](=O)[O-])c3)C(=N)N12. The Morgan fingerprint density at radius 3 is 3.00 bits per heavy atom. The van der Waals surface area contributed by atoms with Gasteiger partial charge in [0.1, 0.15) is 5.84 Å². The van der Waals surface area contributed by atoms with Crippen LogP contribution in [0.2, 0.25) is 0 Å². The number of nitrogens with one attached hydrogen (secondary N) is 1. The van der Waals surface area contributed by atoms with Crippen molar-refractivity contribution in [1.29, 1.82) is 5.41 Å². The van der Waals surface area contributed by atoms with Gasteiger partial charge in [0.25, 0.3) is 11.6 Å². The summed E-state index contributed by atoms with van der Waals surface area (Å²) in [6.45, 7) is 1.96. The van der Waals surface area contributed by atoms with Crippen LogP contribution in [0.15, 0.2) is 39.2 Å². The highest BCUT2D eigenvalue weighted by atomic mass is 32.2. The van der Waals surface area contributed by atoms with Gasteiger partial charge in [-0.2, -0.15) is 9.39 Å². The van der Waals surface area contributed by atoms with E-state index >= 15 is 0 Å². The van der Waals surface area contributed by atoms with Crippen molar-refractivity contribution in [2.75, 3.05) is 5.75 Å². The molecule has 3 rings (SSSR count). The molecule has 2 aliphatic heterocycles. The van der Waals surface area contributed by atoms with Gasteiger partial charge in [-0.15, -0.1) is 0 Å². The summed E-state index contributed by atoms with van der Waals surface area (Å²) in [5, 5.41) is 20.1. The van der Waals surface area contributed by atoms with Gasteiger partial charge in [-0.05, 0) is 17.4 Å². The largest absolute Gasteiger partial charge is 0.283 e. The number of carbonyl (C=O) groups excluding carboxylic acids is 1. The molecule has 0 saturated heterocycles. The van der Waals surface area contributed by atoms with Gasteiger partial charge >= 0.3 is 0 Å². The molecule has 0 spiro atoms. The summed E-state index contributed by atoms with van der Waals surface area (Å²) in [6.07, 6.45) is 1.44. The Morgan fingerprint density at radius 1 is 1.50 bits per heavy atom. The molecule has 1 aromatic rings. The number of nitro groups is 1. The molecule has 0 saturated carbocycles. The smallest absolute Gasteiger partial charge is 0.283 e. The maximum absolute atomic E-state index is 12.2. The van der Waals surface area contributed by atoms with E-state index in [0.29, 0.717) is 15.9 Å². The number of carbonyl (C=O) groups is 1. The summed E-state index contributed by atoms with van der Waals surface area (Å²) in [7, 11) is 0. The molecule has 0 aliphatic carbocycles. The lowest BCUT2D eigenvalue weighted by Crippen LogP contribution is -2.41. The fraction of sp³-hybridized carbons (Fsp3) is 0.143. The number of nitrogens with zero attached hydrogens (tertiary/aromatic N) is 4. The van der Waals surface area contributed by atoms with Crippen LogP contribution in [0.4, 0.5) is 5.69 Å². The van der Waals surface area contributed by atoms with E-state index in [4.69, 9.17) is 5.41 Å². The molecule has 1 aromatic carbocycles. The summed E-state index contributed by atoms with van der Waals surface area (Å²) in [4.78, 5) is 28.0. The Hall–Kier alpha value is -2.46. The second kappa shape index (κ2) is 6.57. The van der Waals surface area contributed by atoms with Crippen molar-refractivity contribution in [2.45, 2.75) is 6.92 Å². The topological polar surface area (TPSA) is 112 Å². The maximum atomic E-state index is 12.2. The number of hydrogen-bond acceptors (Lipinski definition) is 7. The molecule has 2 aliphatic rings. The molecule has 2 heterocycles. The number of amidine groups is 3. The van der Waals surface area contributed by atoms with Crippen LogP contribution in [0.5, 0.6) is 0 Å². The lowest BCUT2D eigenvalue weighted by atomic mass is 10.1. The summed E-state index contributed by atoms with van der Waals surface area (Å²) < 4.78 is 4.22. The Kier molecular flexibility index (Phi) is 4.49. The first kappa shape index (κ1) is 16.4. The molecule has 1 N–H and O–H groups in total. The molecular weight excluding hydrogens is 350 g/mol. The highest BCUT2D eigenvalue weighted by molar-refractivity contribution is 8.19. The van der Waals surface area contributed by atoms with Crippen LogP contribution in [-0.4, -0.2) is 37.7 Å². The minimum atomic E-state index is -0.553. The number of thioether (sulfide) groups is 1. The predicted octanol–water partition coefficient (Wildman–Crippen LogP) is 2.92. The standard InChI is InChI=1S/C14H11N5O3S2/c1-2-23-14-17-24-13-16-12(20)10(11(15)18(13)14)7-8-4-3-5-9(6-8)19(21)22/h3-7,15H,2H2,1H3. The first-order valence-electron chi connectivity index (χ1n) is 6.87. The zero-order chi connectivity index (χ0) is 17.3. The number of aliphatic imine (C=N–C) groups is 1. The van der Waals surface area contributed by atoms with E-state index < -0.39 is 10.8 Å². The molecular formula is C14H11N5O3S2.